The van der Waals surface area contributed by atoms with Gasteiger partial charge in [0.15, 0.2) is 5.65 Å². The summed E-state index contributed by atoms with van der Waals surface area (Å²) in [5.41, 5.74) is 3.45. The molecule has 1 aliphatic rings. The third kappa shape index (κ3) is 1.89. The first-order chi connectivity index (χ1) is 11.3. The van der Waals surface area contributed by atoms with Crippen LogP contribution in [-0.2, 0) is 6.54 Å². The van der Waals surface area contributed by atoms with E-state index >= 15 is 0 Å². The number of imidazole rings is 2. The first-order valence-electron chi connectivity index (χ1n) is 7.63. The summed E-state index contributed by atoms with van der Waals surface area (Å²) in [5, 5.41) is 0. The molecule has 0 unspecified atom stereocenters. The van der Waals surface area contributed by atoms with Crippen molar-refractivity contribution in [2.24, 2.45) is 0 Å². The van der Waals surface area contributed by atoms with E-state index in [0.717, 1.165) is 35.2 Å². The van der Waals surface area contributed by atoms with Crippen LogP contribution in [0.2, 0.25) is 0 Å². The molecular weight excluding hydrogens is 292 g/mol. The first-order valence-corrected chi connectivity index (χ1v) is 7.63. The molecule has 0 atom stereocenters. The smallest absolute Gasteiger partial charge is 0.304 e. The number of fused-ring (bicyclic) bond motifs is 2. The molecule has 1 aliphatic carbocycles. The highest BCUT2D eigenvalue weighted by atomic mass is 16.1. The minimum Gasteiger partial charge on any atom is -0.304 e. The molecule has 7 heteroatoms. The van der Waals surface area contributed by atoms with Gasteiger partial charge >= 0.3 is 5.69 Å². The highest BCUT2D eigenvalue weighted by molar-refractivity contribution is 5.75. The minimum absolute atomic E-state index is 0.0191. The van der Waals surface area contributed by atoms with Crippen molar-refractivity contribution in [2.75, 3.05) is 0 Å². The largest absolute Gasteiger partial charge is 0.329 e. The summed E-state index contributed by atoms with van der Waals surface area (Å²) in [6, 6.07) is 2.25. The number of hydrogen-bond acceptors (Lipinski definition) is 4. The van der Waals surface area contributed by atoms with E-state index < -0.39 is 0 Å². The normalized spacial score (nSPS) is 14.8. The fourth-order valence-electron chi connectivity index (χ4n) is 3.10. The summed E-state index contributed by atoms with van der Waals surface area (Å²) in [7, 11) is 0. The molecule has 0 saturated heterocycles. The maximum atomic E-state index is 12.8. The maximum Gasteiger partial charge on any atom is 0.329 e. The Morgan fingerprint density at radius 1 is 1.13 bits per heavy atom. The lowest BCUT2D eigenvalue weighted by atomic mass is 10.4. The van der Waals surface area contributed by atoms with Crippen LogP contribution in [0.3, 0.4) is 0 Å². The molecule has 0 N–H and O–H groups in total. The predicted octanol–water partition coefficient (Wildman–Crippen LogP) is 1.62. The van der Waals surface area contributed by atoms with Crippen LogP contribution in [0.25, 0.3) is 16.7 Å². The van der Waals surface area contributed by atoms with Gasteiger partial charge in [0.2, 0.25) is 0 Å². The molecular formula is C16H14N6O. The average Bonchev–Trinajstić information content (AvgIpc) is 3.25. The Balaban J connectivity index is 1.68. The zero-order chi connectivity index (χ0) is 15.4. The summed E-state index contributed by atoms with van der Waals surface area (Å²) >= 11 is 0. The highest BCUT2D eigenvalue weighted by Crippen LogP contribution is 2.36. The van der Waals surface area contributed by atoms with Crippen molar-refractivity contribution in [3.63, 3.8) is 0 Å². The second-order valence-electron chi connectivity index (χ2n) is 5.91. The molecule has 1 fully saturated rings. The van der Waals surface area contributed by atoms with Gasteiger partial charge in [0.25, 0.3) is 0 Å². The molecule has 114 valence electrons. The Morgan fingerprint density at radius 3 is 2.83 bits per heavy atom. The van der Waals surface area contributed by atoms with Gasteiger partial charge in [0, 0.05) is 30.8 Å². The van der Waals surface area contributed by atoms with Gasteiger partial charge in [-0.05, 0) is 18.9 Å². The van der Waals surface area contributed by atoms with E-state index in [4.69, 9.17) is 0 Å². The van der Waals surface area contributed by atoms with Crippen molar-refractivity contribution in [2.45, 2.75) is 25.4 Å². The van der Waals surface area contributed by atoms with Gasteiger partial charge in [-0.3, -0.25) is 19.1 Å². The summed E-state index contributed by atoms with van der Waals surface area (Å²) < 4.78 is 5.57. The van der Waals surface area contributed by atoms with Crippen LogP contribution in [0.15, 0.2) is 48.0 Å². The quantitative estimate of drug-likeness (QED) is 0.577. The van der Waals surface area contributed by atoms with Gasteiger partial charge in [0.1, 0.15) is 0 Å². The second kappa shape index (κ2) is 4.52. The number of aromatic nitrogens is 6. The van der Waals surface area contributed by atoms with Gasteiger partial charge in [-0.15, -0.1) is 0 Å². The van der Waals surface area contributed by atoms with Crippen molar-refractivity contribution in [1.29, 1.82) is 0 Å². The number of hydrogen-bond donors (Lipinski definition) is 0. The maximum absolute atomic E-state index is 12.8. The van der Waals surface area contributed by atoms with E-state index in [1.165, 1.54) is 0 Å². The Morgan fingerprint density at radius 2 is 2.00 bits per heavy atom. The van der Waals surface area contributed by atoms with Gasteiger partial charge in [-0.1, -0.05) is 0 Å². The van der Waals surface area contributed by atoms with Crippen molar-refractivity contribution in [1.82, 2.24) is 28.5 Å². The molecule has 0 aliphatic heterocycles. The lowest BCUT2D eigenvalue weighted by molar-refractivity contribution is 0.667. The molecule has 4 aromatic rings. The fraction of sp³-hybridized carbons (Fsp3) is 0.250. The van der Waals surface area contributed by atoms with Crippen LogP contribution in [0.5, 0.6) is 0 Å². The van der Waals surface area contributed by atoms with Crippen molar-refractivity contribution in [3.8, 4) is 0 Å². The average molecular weight is 306 g/mol. The zero-order valence-electron chi connectivity index (χ0n) is 12.3. The molecule has 4 aromatic heterocycles. The van der Waals surface area contributed by atoms with E-state index in [1.54, 1.807) is 29.4 Å². The van der Waals surface area contributed by atoms with Gasteiger partial charge in [-0.2, -0.15) is 0 Å². The van der Waals surface area contributed by atoms with E-state index in [-0.39, 0.29) is 5.69 Å². The monoisotopic (exact) mass is 306 g/mol. The standard InChI is InChI=1S/C16H14N6O/c23-16-21(10-11-9-20-6-5-18-8-15(20)19-11)14-7-17-4-3-13(14)22(16)12-1-2-12/h3-9,12H,1-2,10H2. The van der Waals surface area contributed by atoms with Gasteiger partial charge < -0.3 is 4.40 Å². The zero-order valence-corrected chi connectivity index (χ0v) is 12.3. The highest BCUT2D eigenvalue weighted by Gasteiger charge is 2.29. The SMILES string of the molecule is O=c1n(Cc2cn3ccncc3n2)c2cnccc2n1C1CC1. The summed E-state index contributed by atoms with van der Waals surface area (Å²) in [6.45, 7) is 0.433. The van der Waals surface area contributed by atoms with E-state index in [0.29, 0.717) is 12.6 Å². The topological polar surface area (TPSA) is 70.0 Å². The molecule has 0 aromatic carbocycles. The summed E-state index contributed by atoms with van der Waals surface area (Å²) in [4.78, 5) is 25.6. The summed E-state index contributed by atoms with van der Waals surface area (Å²) in [5.74, 6) is 0. The number of nitrogens with zero attached hydrogens (tertiary/aromatic N) is 6. The molecule has 0 spiro atoms. The van der Waals surface area contributed by atoms with Gasteiger partial charge in [0.05, 0.1) is 35.7 Å². The second-order valence-corrected chi connectivity index (χ2v) is 5.91. The Hall–Kier alpha value is -2.96. The Labute approximate surface area is 130 Å². The van der Waals surface area contributed by atoms with Crippen LogP contribution in [0.1, 0.15) is 24.6 Å². The van der Waals surface area contributed by atoms with Crippen molar-refractivity contribution in [3.05, 3.63) is 59.4 Å². The van der Waals surface area contributed by atoms with Gasteiger partial charge in [-0.25, -0.2) is 9.78 Å². The van der Waals surface area contributed by atoms with Crippen molar-refractivity contribution < 1.29 is 0 Å². The van der Waals surface area contributed by atoms with E-state index in [9.17, 15) is 4.79 Å². The molecule has 1 saturated carbocycles. The summed E-state index contributed by atoms with van der Waals surface area (Å²) in [6.07, 6.45) is 12.8. The molecule has 4 heterocycles. The van der Waals surface area contributed by atoms with E-state index in [2.05, 4.69) is 15.0 Å². The van der Waals surface area contributed by atoms with Crippen LogP contribution in [0, 0.1) is 0 Å². The Kier molecular flexibility index (Phi) is 2.47. The minimum atomic E-state index is 0.0191. The predicted molar refractivity (Wildman–Crippen MR) is 84.4 cm³/mol. The van der Waals surface area contributed by atoms with Crippen LogP contribution in [-0.4, -0.2) is 28.5 Å². The molecule has 0 amide bonds. The van der Waals surface area contributed by atoms with E-state index in [1.807, 2.05) is 27.4 Å². The van der Waals surface area contributed by atoms with Crippen LogP contribution >= 0.6 is 0 Å². The molecule has 5 rings (SSSR count). The molecule has 23 heavy (non-hydrogen) atoms. The lowest BCUT2D eigenvalue weighted by Crippen LogP contribution is -2.24. The van der Waals surface area contributed by atoms with Crippen LogP contribution in [0.4, 0.5) is 0 Å². The third-order valence-electron chi connectivity index (χ3n) is 4.31. The van der Waals surface area contributed by atoms with Crippen molar-refractivity contribution >= 4 is 16.7 Å². The third-order valence-corrected chi connectivity index (χ3v) is 4.31. The van der Waals surface area contributed by atoms with Crippen LogP contribution < -0.4 is 5.69 Å². The first kappa shape index (κ1) is 12.6. The Bertz CT molecular complexity index is 1050. The molecule has 0 bridgehead atoms. The molecule has 0 radical (unpaired) electrons. The number of pyridine rings is 1. The number of rotatable bonds is 3. The fourth-order valence-corrected chi connectivity index (χ4v) is 3.10. The molecule has 7 nitrogen and oxygen atoms in total. The lowest BCUT2D eigenvalue weighted by Gasteiger charge is -1.99.